The predicted octanol–water partition coefficient (Wildman–Crippen LogP) is 2.30. The van der Waals surface area contributed by atoms with Crippen LogP contribution >= 0.6 is 0 Å². The molecule has 0 saturated carbocycles. The minimum absolute atomic E-state index is 0.0494. The molecule has 2 aliphatic rings. The summed E-state index contributed by atoms with van der Waals surface area (Å²) in [6, 6.07) is 18.0. The van der Waals surface area contributed by atoms with Gasteiger partial charge in [0.15, 0.2) is 9.84 Å². The van der Waals surface area contributed by atoms with Crippen molar-refractivity contribution in [2.24, 2.45) is 0 Å². The van der Waals surface area contributed by atoms with E-state index in [1.807, 2.05) is 47.4 Å². The van der Waals surface area contributed by atoms with Gasteiger partial charge >= 0.3 is 0 Å². The van der Waals surface area contributed by atoms with E-state index in [2.05, 4.69) is 17.0 Å². The fourth-order valence-corrected chi connectivity index (χ4v) is 5.73. The van der Waals surface area contributed by atoms with Crippen molar-refractivity contribution in [2.45, 2.75) is 12.5 Å². The van der Waals surface area contributed by atoms with E-state index in [-0.39, 0.29) is 17.7 Å². The molecule has 2 saturated heterocycles. The molecular weight excluding hydrogens is 360 g/mol. The molecule has 2 heterocycles. The van der Waals surface area contributed by atoms with Crippen LogP contribution < -0.4 is 0 Å². The van der Waals surface area contributed by atoms with Crippen molar-refractivity contribution in [3.8, 4) is 11.1 Å². The van der Waals surface area contributed by atoms with Crippen LogP contribution in [0.5, 0.6) is 0 Å². The summed E-state index contributed by atoms with van der Waals surface area (Å²) in [6.45, 7) is 2.79. The first-order valence-electron chi connectivity index (χ1n) is 9.41. The quantitative estimate of drug-likeness (QED) is 0.815. The van der Waals surface area contributed by atoms with Gasteiger partial charge in [0.2, 0.25) is 0 Å². The maximum atomic E-state index is 12.8. The fourth-order valence-electron chi connectivity index (χ4n) is 3.97. The van der Waals surface area contributed by atoms with E-state index in [4.69, 9.17) is 0 Å². The summed E-state index contributed by atoms with van der Waals surface area (Å²) < 4.78 is 23.4. The Morgan fingerprint density at radius 1 is 0.852 bits per heavy atom. The molecule has 0 bridgehead atoms. The van der Waals surface area contributed by atoms with Crippen LogP contribution in [-0.4, -0.2) is 67.9 Å². The minimum atomic E-state index is -2.87. The highest BCUT2D eigenvalue weighted by Gasteiger charge is 2.34. The lowest BCUT2D eigenvalue weighted by Gasteiger charge is -2.37. The Labute approximate surface area is 160 Å². The van der Waals surface area contributed by atoms with Gasteiger partial charge < -0.3 is 4.90 Å². The second-order valence-corrected chi connectivity index (χ2v) is 9.56. The van der Waals surface area contributed by atoms with Crippen LogP contribution in [0.4, 0.5) is 0 Å². The minimum Gasteiger partial charge on any atom is -0.336 e. The van der Waals surface area contributed by atoms with Gasteiger partial charge in [-0.3, -0.25) is 9.69 Å². The SMILES string of the molecule is O=C(c1ccc(-c2ccccc2)cc1)N1CCN(C2CCS(=O)(=O)C2)CC1. The van der Waals surface area contributed by atoms with Crippen LogP contribution in [0.25, 0.3) is 11.1 Å². The van der Waals surface area contributed by atoms with Gasteiger partial charge in [-0.15, -0.1) is 0 Å². The topological polar surface area (TPSA) is 57.7 Å². The van der Waals surface area contributed by atoms with Crippen LogP contribution in [0, 0.1) is 0 Å². The molecule has 1 atom stereocenters. The van der Waals surface area contributed by atoms with Crippen molar-refractivity contribution in [2.75, 3.05) is 37.7 Å². The molecule has 2 fully saturated rings. The first-order valence-corrected chi connectivity index (χ1v) is 11.2. The Balaban J connectivity index is 1.37. The number of carbonyl (C=O) groups is 1. The van der Waals surface area contributed by atoms with E-state index in [9.17, 15) is 13.2 Å². The predicted molar refractivity (Wildman–Crippen MR) is 106 cm³/mol. The van der Waals surface area contributed by atoms with E-state index in [0.29, 0.717) is 24.4 Å². The number of piperazine rings is 1. The summed E-state index contributed by atoms with van der Waals surface area (Å²) in [5.74, 6) is 0.611. The molecule has 6 heteroatoms. The molecule has 4 rings (SSSR count). The van der Waals surface area contributed by atoms with E-state index >= 15 is 0 Å². The standard InChI is InChI=1S/C21H24N2O3S/c24-21(19-8-6-18(7-9-19)17-4-2-1-3-5-17)23-13-11-22(12-14-23)20-10-15-27(25,26)16-20/h1-9,20H,10-16H2. The van der Waals surface area contributed by atoms with Gasteiger partial charge in [-0.05, 0) is 29.7 Å². The average molecular weight is 385 g/mol. The average Bonchev–Trinajstić information content (AvgIpc) is 3.08. The molecule has 0 aromatic heterocycles. The summed E-state index contributed by atoms with van der Waals surface area (Å²) in [4.78, 5) is 16.9. The smallest absolute Gasteiger partial charge is 0.253 e. The Morgan fingerprint density at radius 2 is 1.48 bits per heavy atom. The molecule has 1 amide bonds. The summed E-state index contributed by atoms with van der Waals surface area (Å²) >= 11 is 0. The monoisotopic (exact) mass is 384 g/mol. The van der Waals surface area contributed by atoms with Crippen molar-refractivity contribution in [3.63, 3.8) is 0 Å². The van der Waals surface area contributed by atoms with Gasteiger partial charge in [0.05, 0.1) is 11.5 Å². The Hall–Kier alpha value is -2.18. The molecule has 0 N–H and O–H groups in total. The van der Waals surface area contributed by atoms with E-state index < -0.39 is 9.84 Å². The van der Waals surface area contributed by atoms with E-state index in [1.165, 1.54) is 0 Å². The van der Waals surface area contributed by atoms with Gasteiger partial charge in [0.25, 0.3) is 5.91 Å². The zero-order valence-corrected chi connectivity index (χ0v) is 16.1. The molecule has 2 aliphatic heterocycles. The second-order valence-electron chi connectivity index (χ2n) is 7.33. The number of hydrogen-bond donors (Lipinski definition) is 0. The molecule has 1 unspecified atom stereocenters. The highest BCUT2D eigenvalue weighted by atomic mass is 32.2. The van der Waals surface area contributed by atoms with Crippen LogP contribution in [0.1, 0.15) is 16.8 Å². The van der Waals surface area contributed by atoms with E-state index in [1.54, 1.807) is 0 Å². The van der Waals surface area contributed by atoms with Gasteiger partial charge in [-0.1, -0.05) is 42.5 Å². The number of hydrogen-bond acceptors (Lipinski definition) is 4. The highest BCUT2D eigenvalue weighted by Crippen LogP contribution is 2.22. The maximum absolute atomic E-state index is 12.8. The number of sulfone groups is 1. The molecule has 0 radical (unpaired) electrons. The summed E-state index contributed by atoms with van der Waals surface area (Å²) in [5, 5.41) is 0. The van der Waals surface area contributed by atoms with Crippen molar-refractivity contribution in [3.05, 3.63) is 60.2 Å². The summed E-state index contributed by atoms with van der Waals surface area (Å²) in [5.41, 5.74) is 2.93. The number of amides is 1. The zero-order valence-electron chi connectivity index (χ0n) is 15.3. The fraction of sp³-hybridized carbons (Fsp3) is 0.381. The molecule has 142 valence electrons. The van der Waals surface area contributed by atoms with Crippen LogP contribution in [0.3, 0.4) is 0 Å². The number of carbonyl (C=O) groups excluding carboxylic acids is 1. The van der Waals surface area contributed by atoms with Gasteiger partial charge in [0, 0.05) is 37.8 Å². The van der Waals surface area contributed by atoms with Gasteiger partial charge in [-0.2, -0.15) is 0 Å². The van der Waals surface area contributed by atoms with Gasteiger partial charge in [-0.25, -0.2) is 8.42 Å². The lowest BCUT2D eigenvalue weighted by molar-refractivity contribution is 0.0588. The first kappa shape index (κ1) is 18.2. The molecule has 0 aliphatic carbocycles. The van der Waals surface area contributed by atoms with Crippen LogP contribution in [0.15, 0.2) is 54.6 Å². The molecule has 27 heavy (non-hydrogen) atoms. The Bertz CT molecular complexity index is 902. The second kappa shape index (κ2) is 7.44. The van der Waals surface area contributed by atoms with Crippen molar-refractivity contribution < 1.29 is 13.2 Å². The van der Waals surface area contributed by atoms with Crippen molar-refractivity contribution in [1.82, 2.24) is 9.80 Å². The third-order valence-corrected chi connectivity index (χ3v) is 7.32. The molecule has 0 spiro atoms. The summed E-state index contributed by atoms with van der Waals surface area (Å²) in [6.07, 6.45) is 0.719. The van der Waals surface area contributed by atoms with E-state index in [0.717, 1.165) is 30.6 Å². The number of benzene rings is 2. The van der Waals surface area contributed by atoms with Crippen LogP contribution in [0.2, 0.25) is 0 Å². The zero-order chi connectivity index (χ0) is 18.9. The van der Waals surface area contributed by atoms with Crippen molar-refractivity contribution >= 4 is 15.7 Å². The molecule has 5 nitrogen and oxygen atoms in total. The lowest BCUT2D eigenvalue weighted by atomic mass is 10.0. The Morgan fingerprint density at radius 3 is 2.07 bits per heavy atom. The van der Waals surface area contributed by atoms with Crippen LogP contribution in [-0.2, 0) is 9.84 Å². The van der Waals surface area contributed by atoms with Crippen molar-refractivity contribution in [1.29, 1.82) is 0 Å². The largest absolute Gasteiger partial charge is 0.336 e. The highest BCUT2D eigenvalue weighted by molar-refractivity contribution is 7.91. The molecule has 2 aromatic rings. The van der Waals surface area contributed by atoms with Gasteiger partial charge in [0.1, 0.15) is 0 Å². The normalized spacial score (nSPS) is 22.7. The summed E-state index contributed by atoms with van der Waals surface area (Å²) in [7, 11) is -2.87. The number of rotatable bonds is 3. The third kappa shape index (κ3) is 4.06. The third-order valence-electron chi connectivity index (χ3n) is 5.57. The number of nitrogens with zero attached hydrogens (tertiary/aromatic N) is 2. The maximum Gasteiger partial charge on any atom is 0.253 e. The first-order chi connectivity index (χ1) is 13.0. The Kier molecular flexibility index (Phi) is 5.02. The molecule has 2 aromatic carbocycles. The molecular formula is C21H24N2O3S. The lowest BCUT2D eigenvalue weighted by Crippen LogP contribution is -2.52.